The Kier molecular flexibility index (Phi) is 5.42. The van der Waals surface area contributed by atoms with Gasteiger partial charge in [-0.2, -0.15) is 5.10 Å². The number of aromatic nitrogens is 2. The highest BCUT2D eigenvalue weighted by molar-refractivity contribution is 9.10. The Morgan fingerprint density at radius 1 is 1.08 bits per heavy atom. The zero-order chi connectivity index (χ0) is 18.7. The fourth-order valence-electron chi connectivity index (χ4n) is 2.56. The van der Waals surface area contributed by atoms with Crippen molar-refractivity contribution in [2.75, 3.05) is 0 Å². The van der Waals surface area contributed by atoms with Gasteiger partial charge in [-0.15, -0.1) is 0 Å². The first-order valence-corrected chi connectivity index (χ1v) is 9.04. The molecule has 0 saturated carbocycles. The lowest BCUT2D eigenvalue weighted by Gasteiger charge is -2.09. The summed E-state index contributed by atoms with van der Waals surface area (Å²) in [6.07, 6.45) is 0. The van der Waals surface area contributed by atoms with Crippen molar-refractivity contribution in [1.82, 2.24) is 15.1 Å². The molecule has 26 heavy (non-hydrogen) atoms. The van der Waals surface area contributed by atoms with Gasteiger partial charge in [-0.3, -0.25) is 9.48 Å². The van der Waals surface area contributed by atoms with E-state index in [1.807, 2.05) is 62.4 Å². The molecule has 0 aliphatic rings. The number of halogens is 1. The molecule has 2 aromatic carbocycles. The smallest absolute Gasteiger partial charge is 0.270 e. The largest absolute Gasteiger partial charge is 0.457 e. The molecule has 0 bridgehead atoms. The second-order valence-electron chi connectivity index (χ2n) is 6.11. The maximum atomic E-state index is 12.4. The van der Waals surface area contributed by atoms with Gasteiger partial charge in [0.05, 0.1) is 10.2 Å². The van der Waals surface area contributed by atoms with E-state index in [1.165, 1.54) is 5.56 Å². The van der Waals surface area contributed by atoms with Crippen molar-refractivity contribution >= 4 is 21.8 Å². The average Bonchev–Trinajstić information content (AvgIpc) is 2.88. The lowest BCUT2D eigenvalue weighted by Crippen LogP contribution is -2.25. The molecule has 0 atom stereocenters. The fourth-order valence-corrected chi connectivity index (χ4v) is 3.08. The molecule has 5 nitrogen and oxygen atoms in total. The number of nitrogens with one attached hydrogen (secondary N) is 1. The Morgan fingerprint density at radius 3 is 2.19 bits per heavy atom. The number of hydrogen-bond acceptors (Lipinski definition) is 3. The highest BCUT2D eigenvalue weighted by Crippen LogP contribution is 2.22. The van der Waals surface area contributed by atoms with E-state index in [9.17, 15) is 4.79 Å². The summed E-state index contributed by atoms with van der Waals surface area (Å²) in [7, 11) is 1.75. The van der Waals surface area contributed by atoms with Crippen LogP contribution in [-0.4, -0.2) is 15.7 Å². The van der Waals surface area contributed by atoms with Gasteiger partial charge in [0.2, 0.25) is 0 Å². The van der Waals surface area contributed by atoms with Crippen LogP contribution in [0.15, 0.2) is 53.0 Å². The maximum Gasteiger partial charge on any atom is 0.270 e. The van der Waals surface area contributed by atoms with Crippen molar-refractivity contribution in [3.63, 3.8) is 0 Å². The molecule has 3 aromatic rings. The van der Waals surface area contributed by atoms with E-state index in [-0.39, 0.29) is 5.91 Å². The Hall–Kier alpha value is -2.60. The number of carbonyl (C=O) groups is 1. The molecule has 0 aliphatic carbocycles. The molecule has 0 aliphatic heterocycles. The standard InChI is InChI=1S/C20H20BrN3O2/c1-13-4-8-16(9-5-13)26-17-10-6-15(7-11-17)12-22-20(25)19-18(21)14(2)23-24(19)3/h4-11H,12H2,1-3H3,(H,22,25). The lowest BCUT2D eigenvalue weighted by atomic mass is 10.2. The minimum atomic E-state index is -0.167. The number of carbonyl (C=O) groups excluding carboxylic acids is 1. The van der Waals surface area contributed by atoms with Crippen LogP contribution in [0.5, 0.6) is 11.5 Å². The van der Waals surface area contributed by atoms with Gasteiger partial charge >= 0.3 is 0 Å². The number of aryl methyl sites for hydroxylation is 3. The first-order valence-electron chi connectivity index (χ1n) is 8.25. The molecule has 0 saturated heterocycles. The van der Waals surface area contributed by atoms with Crippen LogP contribution >= 0.6 is 15.9 Å². The van der Waals surface area contributed by atoms with Crippen molar-refractivity contribution in [2.45, 2.75) is 20.4 Å². The highest BCUT2D eigenvalue weighted by Gasteiger charge is 2.17. The summed E-state index contributed by atoms with van der Waals surface area (Å²) in [4.78, 5) is 12.4. The molecule has 1 N–H and O–H groups in total. The zero-order valence-electron chi connectivity index (χ0n) is 14.9. The predicted molar refractivity (Wildman–Crippen MR) is 105 cm³/mol. The van der Waals surface area contributed by atoms with Gasteiger partial charge in [-0.25, -0.2) is 0 Å². The number of ether oxygens (including phenoxy) is 1. The van der Waals surface area contributed by atoms with Crippen molar-refractivity contribution in [2.24, 2.45) is 7.05 Å². The molecule has 134 valence electrons. The third kappa shape index (κ3) is 4.14. The second-order valence-corrected chi connectivity index (χ2v) is 6.91. The molecule has 1 aromatic heterocycles. The van der Waals surface area contributed by atoms with E-state index >= 15 is 0 Å². The minimum Gasteiger partial charge on any atom is -0.457 e. The first-order chi connectivity index (χ1) is 12.4. The minimum absolute atomic E-state index is 0.167. The van der Waals surface area contributed by atoms with E-state index in [4.69, 9.17) is 4.74 Å². The van der Waals surface area contributed by atoms with Gasteiger partial charge in [-0.05, 0) is 59.6 Å². The van der Waals surface area contributed by atoms with Gasteiger partial charge in [0, 0.05) is 13.6 Å². The summed E-state index contributed by atoms with van der Waals surface area (Å²) in [6.45, 7) is 4.33. The second kappa shape index (κ2) is 7.74. The van der Waals surface area contributed by atoms with Crippen molar-refractivity contribution in [1.29, 1.82) is 0 Å². The summed E-state index contributed by atoms with van der Waals surface area (Å²) in [6, 6.07) is 15.6. The van der Waals surface area contributed by atoms with Crippen molar-refractivity contribution < 1.29 is 9.53 Å². The van der Waals surface area contributed by atoms with E-state index < -0.39 is 0 Å². The number of amides is 1. The molecular weight excluding hydrogens is 394 g/mol. The Morgan fingerprint density at radius 2 is 1.65 bits per heavy atom. The van der Waals surface area contributed by atoms with Crippen LogP contribution in [0.25, 0.3) is 0 Å². The molecule has 0 fully saturated rings. The van der Waals surface area contributed by atoms with E-state index in [2.05, 4.69) is 26.3 Å². The SMILES string of the molecule is Cc1ccc(Oc2ccc(CNC(=O)c3c(Br)c(C)nn3C)cc2)cc1. The van der Waals surface area contributed by atoms with Gasteiger partial charge in [-0.1, -0.05) is 29.8 Å². The molecule has 0 spiro atoms. The Bertz CT molecular complexity index is 915. The van der Waals surface area contributed by atoms with Gasteiger partial charge in [0.15, 0.2) is 0 Å². The van der Waals surface area contributed by atoms with Gasteiger partial charge < -0.3 is 10.1 Å². The summed E-state index contributed by atoms with van der Waals surface area (Å²) < 4.78 is 8.11. The van der Waals surface area contributed by atoms with E-state index in [0.717, 1.165) is 27.2 Å². The normalized spacial score (nSPS) is 10.6. The average molecular weight is 414 g/mol. The van der Waals surface area contributed by atoms with Crippen molar-refractivity contribution in [3.05, 3.63) is 75.5 Å². The molecule has 1 heterocycles. The van der Waals surface area contributed by atoms with Crippen LogP contribution in [0.2, 0.25) is 0 Å². The summed E-state index contributed by atoms with van der Waals surface area (Å²) in [5.74, 6) is 1.39. The molecular formula is C20H20BrN3O2. The van der Waals surface area contributed by atoms with Crippen LogP contribution in [0.4, 0.5) is 0 Å². The lowest BCUT2D eigenvalue weighted by molar-refractivity contribution is 0.0940. The molecule has 1 amide bonds. The quantitative estimate of drug-likeness (QED) is 0.668. The number of hydrogen-bond donors (Lipinski definition) is 1. The fraction of sp³-hybridized carbons (Fsp3) is 0.200. The van der Waals surface area contributed by atoms with E-state index in [0.29, 0.717) is 12.2 Å². The zero-order valence-corrected chi connectivity index (χ0v) is 16.5. The monoisotopic (exact) mass is 413 g/mol. The predicted octanol–water partition coefficient (Wildman–Crippen LogP) is 4.52. The molecule has 3 rings (SSSR count). The Labute approximate surface area is 161 Å². The van der Waals surface area contributed by atoms with Crippen LogP contribution in [0, 0.1) is 13.8 Å². The maximum absolute atomic E-state index is 12.4. The van der Waals surface area contributed by atoms with Gasteiger partial charge in [0.25, 0.3) is 5.91 Å². The van der Waals surface area contributed by atoms with Crippen LogP contribution in [-0.2, 0) is 13.6 Å². The van der Waals surface area contributed by atoms with Crippen molar-refractivity contribution in [3.8, 4) is 11.5 Å². The van der Waals surface area contributed by atoms with Crippen LogP contribution in [0.3, 0.4) is 0 Å². The summed E-state index contributed by atoms with van der Waals surface area (Å²) in [5.41, 5.74) is 3.49. The van der Waals surface area contributed by atoms with Crippen LogP contribution in [0.1, 0.15) is 27.3 Å². The topological polar surface area (TPSA) is 56.1 Å². The number of benzene rings is 2. The highest BCUT2D eigenvalue weighted by atomic mass is 79.9. The summed E-state index contributed by atoms with van der Waals surface area (Å²) >= 11 is 3.41. The third-order valence-electron chi connectivity index (χ3n) is 4.00. The molecule has 0 radical (unpaired) electrons. The molecule has 6 heteroatoms. The summed E-state index contributed by atoms with van der Waals surface area (Å²) in [5, 5.41) is 7.15. The number of nitrogens with zero attached hydrogens (tertiary/aromatic N) is 2. The molecule has 0 unspecified atom stereocenters. The van der Waals surface area contributed by atoms with Crippen LogP contribution < -0.4 is 10.1 Å². The first kappa shape index (κ1) is 18.2. The van der Waals surface area contributed by atoms with Gasteiger partial charge in [0.1, 0.15) is 17.2 Å². The Balaban J connectivity index is 1.60. The number of rotatable bonds is 5. The van der Waals surface area contributed by atoms with E-state index in [1.54, 1.807) is 11.7 Å². The third-order valence-corrected chi connectivity index (χ3v) is 4.95.